The zero-order chi connectivity index (χ0) is 18.6. The third-order valence-electron chi connectivity index (χ3n) is 4.05. The first-order valence-electron chi connectivity index (χ1n) is 8.33. The monoisotopic (exact) mass is 360 g/mol. The van der Waals surface area contributed by atoms with Gasteiger partial charge in [-0.1, -0.05) is 43.6 Å². The van der Waals surface area contributed by atoms with Gasteiger partial charge in [0.1, 0.15) is 5.75 Å². The van der Waals surface area contributed by atoms with Crippen molar-refractivity contribution in [3.63, 3.8) is 0 Å². The molecule has 25 heavy (non-hydrogen) atoms. The number of carbonyl (C=O) groups is 1. The van der Waals surface area contributed by atoms with Crippen LogP contribution < -0.4 is 15.4 Å². The van der Waals surface area contributed by atoms with Crippen LogP contribution in [0.2, 0.25) is 5.02 Å². The fourth-order valence-electron chi connectivity index (χ4n) is 2.67. The topological polar surface area (TPSA) is 50.4 Å². The van der Waals surface area contributed by atoms with E-state index in [0.717, 1.165) is 33.0 Å². The molecule has 0 bridgehead atoms. The summed E-state index contributed by atoms with van der Waals surface area (Å²) < 4.78 is 5.61. The number of aryl methyl sites for hydroxylation is 3. The molecule has 0 aromatic heterocycles. The Morgan fingerprint density at radius 3 is 2.36 bits per heavy atom. The van der Waals surface area contributed by atoms with Gasteiger partial charge in [0.05, 0.1) is 0 Å². The van der Waals surface area contributed by atoms with Crippen molar-refractivity contribution >= 4 is 23.3 Å². The minimum Gasteiger partial charge on any atom is -0.473 e. The molecule has 0 unspecified atom stereocenters. The SMILES string of the molecule is Cc1cc(OCNC(=O)Nc2c(C)cccc2C(C)C)cc(C)c1Cl. The molecule has 5 heteroatoms. The number of carbonyl (C=O) groups excluding carboxylic acids is 1. The van der Waals surface area contributed by atoms with Crippen molar-refractivity contribution in [1.82, 2.24) is 5.32 Å². The predicted molar refractivity (Wildman–Crippen MR) is 104 cm³/mol. The summed E-state index contributed by atoms with van der Waals surface area (Å²) in [5, 5.41) is 6.38. The number of rotatable bonds is 5. The second kappa shape index (κ2) is 8.26. The maximum atomic E-state index is 12.2. The molecule has 2 rings (SSSR count). The van der Waals surface area contributed by atoms with Gasteiger partial charge in [-0.3, -0.25) is 0 Å². The van der Waals surface area contributed by atoms with Crippen LogP contribution in [0, 0.1) is 20.8 Å². The van der Waals surface area contributed by atoms with Gasteiger partial charge in [-0.25, -0.2) is 4.79 Å². The van der Waals surface area contributed by atoms with E-state index in [1.807, 2.05) is 51.1 Å². The van der Waals surface area contributed by atoms with Gasteiger partial charge in [0.2, 0.25) is 0 Å². The second-order valence-electron chi connectivity index (χ2n) is 6.48. The van der Waals surface area contributed by atoms with Crippen LogP contribution in [0.5, 0.6) is 5.75 Å². The molecule has 0 heterocycles. The van der Waals surface area contributed by atoms with E-state index in [0.29, 0.717) is 11.7 Å². The fraction of sp³-hybridized carbons (Fsp3) is 0.350. The minimum atomic E-state index is -0.293. The maximum Gasteiger partial charge on any atom is 0.321 e. The van der Waals surface area contributed by atoms with Gasteiger partial charge >= 0.3 is 6.03 Å². The number of urea groups is 1. The van der Waals surface area contributed by atoms with Crippen molar-refractivity contribution in [2.24, 2.45) is 0 Å². The predicted octanol–water partition coefficient (Wildman–Crippen LogP) is 5.55. The number of anilines is 1. The van der Waals surface area contributed by atoms with Gasteiger partial charge in [-0.05, 0) is 61.1 Å². The average Bonchev–Trinajstić information content (AvgIpc) is 2.54. The van der Waals surface area contributed by atoms with E-state index in [-0.39, 0.29) is 12.8 Å². The molecular weight excluding hydrogens is 336 g/mol. The highest BCUT2D eigenvalue weighted by Crippen LogP contribution is 2.27. The molecule has 0 saturated carbocycles. The van der Waals surface area contributed by atoms with Gasteiger partial charge in [0.25, 0.3) is 0 Å². The molecule has 2 N–H and O–H groups in total. The molecule has 2 aromatic rings. The van der Waals surface area contributed by atoms with Gasteiger partial charge in [0, 0.05) is 10.7 Å². The summed E-state index contributed by atoms with van der Waals surface area (Å²) in [5.74, 6) is 1.00. The molecule has 2 aromatic carbocycles. The molecule has 0 aliphatic carbocycles. The number of halogens is 1. The Hall–Kier alpha value is -2.20. The summed E-state index contributed by atoms with van der Waals surface area (Å²) in [7, 11) is 0. The number of para-hydroxylation sites is 1. The standard InChI is InChI=1S/C20H25ClN2O2/c1-12(2)17-8-6-7-13(3)19(17)23-20(24)22-11-25-16-9-14(4)18(21)15(5)10-16/h6-10,12H,11H2,1-5H3,(H2,22,23,24). The highest BCUT2D eigenvalue weighted by atomic mass is 35.5. The van der Waals surface area contributed by atoms with Gasteiger partial charge in [0.15, 0.2) is 6.73 Å². The molecule has 0 fully saturated rings. The summed E-state index contributed by atoms with van der Waals surface area (Å²) in [6, 6.07) is 9.43. The van der Waals surface area contributed by atoms with Crippen LogP contribution in [0.4, 0.5) is 10.5 Å². The van der Waals surface area contributed by atoms with E-state index in [2.05, 4.69) is 24.5 Å². The molecule has 134 valence electrons. The quantitative estimate of drug-likeness (QED) is 0.687. The number of amides is 2. The number of benzene rings is 2. The Balaban J connectivity index is 1.96. The Morgan fingerprint density at radius 1 is 1.12 bits per heavy atom. The molecule has 0 spiro atoms. The smallest absolute Gasteiger partial charge is 0.321 e. The summed E-state index contributed by atoms with van der Waals surface area (Å²) in [5.41, 5.74) is 4.89. The van der Waals surface area contributed by atoms with Crippen LogP contribution in [-0.2, 0) is 0 Å². The summed E-state index contributed by atoms with van der Waals surface area (Å²) >= 11 is 6.14. The van der Waals surface area contributed by atoms with Crippen LogP contribution in [0.25, 0.3) is 0 Å². The van der Waals surface area contributed by atoms with E-state index in [1.54, 1.807) is 0 Å². The Labute approximate surface area is 154 Å². The lowest BCUT2D eigenvalue weighted by atomic mass is 9.98. The van der Waals surface area contributed by atoms with Crippen LogP contribution in [0.15, 0.2) is 30.3 Å². The number of hydrogen-bond donors (Lipinski definition) is 2. The van der Waals surface area contributed by atoms with Crippen molar-refractivity contribution in [1.29, 1.82) is 0 Å². The Bertz CT molecular complexity index is 749. The minimum absolute atomic E-state index is 0.0786. The van der Waals surface area contributed by atoms with Gasteiger partial charge in [-0.15, -0.1) is 0 Å². The third kappa shape index (κ3) is 4.89. The molecule has 0 aliphatic heterocycles. The highest BCUT2D eigenvalue weighted by Gasteiger charge is 2.12. The molecule has 0 aliphatic rings. The van der Waals surface area contributed by atoms with Crippen molar-refractivity contribution in [3.05, 3.63) is 57.6 Å². The molecular formula is C20H25ClN2O2. The number of nitrogens with one attached hydrogen (secondary N) is 2. The van der Waals surface area contributed by atoms with E-state index in [9.17, 15) is 4.79 Å². The van der Waals surface area contributed by atoms with Crippen LogP contribution >= 0.6 is 11.6 Å². The Kier molecular flexibility index (Phi) is 6.32. The second-order valence-corrected chi connectivity index (χ2v) is 6.86. The lowest BCUT2D eigenvalue weighted by Crippen LogP contribution is -2.32. The van der Waals surface area contributed by atoms with E-state index < -0.39 is 0 Å². The van der Waals surface area contributed by atoms with Crippen molar-refractivity contribution < 1.29 is 9.53 Å². The molecule has 4 nitrogen and oxygen atoms in total. The summed E-state index contributed by atoms with van der Waals surface area (Å²) in [6.07, 6.45) is 0. The summed E-state index contributed by atoms with van der Waals surface area (Å²) in [6.45, 7) is 10.1. The maximum absolute atomic E-state index is 12.2. The fourth-order valence-corrected chi connectivity index (χ4v) is 2.78. The third-order valence-corrected chi connectivity index (χ3v) is 4.64. The van der Waals surface area contributed by atoms with Crippen LogP contribution in [0.3, 0.4) is 0 Å². The lowest BCUT2D eigenvalue weighted by Gasteiger charge is -2.17. The Morgan fingerprint density at radius 2 is 1.76 bits per heavy atom. The first-order chi connectivity index (χ1) is 11.8. The van der Waals surface area contributed by atoms with Gasteiger partial charge in [-0.2, -0.15) is 0 Å². The van der Waals surface area contributed by atoms with E-state index >= 15 is 0 Å². The molecule has 0 radical (unpaired) electrons. The zero-order valence-electron chi connectivity index (χ0n) is 15.4. The number of hydrogen-bond acceptors (Lipinski definition) is 2. The van der Waals surface area contributed by atoms with Crippen LogP contribution in [0.1, 0.15) is 42.0 Å². The molecule has 2 amide bonds. The lowest BCUT2D eigenvalue weighted by molar-refractivity contribution is 0.234. The van der Waals surface area contributed by atoms with E-state index in [4.69, 9.17) is 16.3 Å². The first-order valence-corrected chi connectivity index (χ1v) is 8.71. The zero-order valence-corrected chi connectivity index (χ0v) is 16.1. The van der Waals surface area contributed by atoms with Crippen molar-refractivity contribution in [3.8, 4) is 5.75 Å². The van der Waals surface area contributed by atoms with Crippen molar-refractivity contribution in [2.75, 3.05) is 12.0 Å². The van der Waals surface area contributed by atoms with E-state index in [1.165, 1.54) is 0 Å². The van der Waals surface area contributed by atoms with Crippen molar-refractivity contribution in [2.45, 2.75) is 40.5 Å². The first kappa shape index (κ1) is 19.1. The van der Waals surface area contributed by atoms with Crippen LogP contribution in [-0.4, -0.2) is 12.8 Å². The highest BCUT2D eigenvalue weighted by molar-refractivity contribution is 6.32. The van der Waals surface area contributed by atoms with Gasteiger partial charge < -0.3 is 15.4 Å². The summed E-state index contributed by atoms with van der Waals surface area (Å²) in [4.78, 5) is 12.2. The normalized spacial score (nSPS) is 10.7. The largest absolute Gasteiger partial charge is 0.473 e. The molecule has 0 atom stereocenters. The molecule has 0 saturated heterocycles. The average molecular weight is 361 g/mol. The number of ether oxygens (including phenoxy) is 1.